The Hall–Kier alpha value is -1.17. The molecular formula is C9H7F5O. The summed E-state index contributed by atoms with van der Waals surface area (Å²) in [4.78, 5) is 0. The average Bonchev–Trinajstić information content (AvgIpc) is 2.23. The number of rotatable bonds is 2. The van der Waals surface area contributed by atoms with Gasteiger partial charge in [0.1, 0.15) is 0 Å². The van der Waals surface area contributed by atoms with E-state index in [0.717, 1.165) is 0 Å². The maximum Gasteiger partial charge on any atom is 0.200 e. The summed E-state index contributed by atoms with van der Waals surface area (Å²) in [5.74, 6) is -10.3. The van der Waals surface area contributed by atoms with Gasteiger partial charge in [0.15, 0.2) is 23.3 Å². The Balaban J connectivity index is 3.52. The van der Waals surface area contributed by atoms with Crippen LogP contribution in [0.15, 0.2) is 0 Å². The van der Waals surface area contributed by atoms with Crippen molar-refractivity contribution < 1.29 is 27.1 Å². The Morgan fingerprint density at radius 3 is 1.53 bits per heavy atom. The van der Waals surface area contributed by atoms with Crippen LogP contribution in [0.4, 0.5) is 22.0 Å². The number of halogens is 5. The Labute approximate surface area is 82.1 Å². The normalized spacial score (nSPS) is 13.0. The van der Waals surface area contributed by atoms with Crippen LogP contribution < -0.4 is 0 Å². The molecule has 0 saturated heterocycles. The third-order valence-corrected chi connectivity index (χ3v) is 1.96. The Kier molecular flexibility index (Phi) is 3.28. The zero-order chi connectivity index (χ0) is 11.7. The first kappa shape index (κ1) is 11.9. The van der Waals surface area contributed by atoms with Gasteiger partial charge in [-0.2, -0.15) is 0 Å². The maximum atomic E-state index is 13.0. The van der Waals surface area contributed by atoms with E-state index >= 15 is 0 Å². The second kappa shape index (κ2) is 4.14. The molecule has 0 spiro atoms. The van der Waals surface area contributed by atoms with Crippen molar-refractivity contribution in [3.05, 3.63) is 34.6 Å². The first-order valence-corrected chi connectivity index (χ1v) is 4.11. The lowest BCUT2D eigenvalue weighted by molar-refractivity contribution is 0.159. The van der Waals surface area contributed by atoms with E-state index < -0.39 is 40.8 Å². The highest BCUT2D eigenvalue weighted by Crippen LogP contribution is 2.28. The Bertz CT molecular complexity index is 362. The van der Waals surface area contributed by atoms with Crippen molar-refractivity contribution >= 4 is 0 Å². The third kappa shape index (κ3) is 1.81. The fourth-order valence-corrected chi connectivity index (χ4v) is 1.12. The lowest BCUT2D eigenvalue weighted by atomic mass is 10.1. The van der Waals surface area contributed by atoms with Gasteiger partial charge in [-0.25, -0.2) is 22.0 Å². The lowest BCUT2D eigenvalue weighted by Crippen LogP contribution is -2.10. The summed E-state index contributed by atoms with van der Waals surface area (Å²) >= 11 is 0. The van der Waals surface area contributed by atoms with E-state index in [1.54, 1.807) is 0 Å². The van der Waals surface area contributed by atoms with E-state index in [0.29, 0.717) is 0 Å². The summed E-state index contributed by atoms with van der Waals surface area (Å²) in [5, 5.41) is 9.09. The fourth-order valence-electron chi connectivity index (χ4n) is 1.12. The molecule has 0 fully saturated rings. The molecule has 1 atom stereocenters. The van der Waals surface area contributed by atoms with Crippen LogP contribution in [0, 0.1) is 29.1 Å². The highest BCUT2D eigenvalue weighted by molar-refractivity contribution is 5.25. The van der Waals surface area contributed by atoms with Crippen molar-refractivity contribution in [3.8, 4) is 0 Å². The molecule has 0 heterocycles. The first-order chi connectivity index (χ1) is 6.91. The molecule has 0 radical (unpaired) electrons. The zero-order valence-electron chi connectivity index (χ0n) is 7.62. The quantitative estimate of drug-likeness (QED) is 0.467. The van der Waals surface area contributed by atoms with Crippen LogP contribution in [0.3, 0.4) is 0 Å². The summed E-state index contributed by atoms with van der Waals surface area (Å²) in [6.07, 6.45) is -1.87. The van der Waals surface area contributed by atoms with Gasteiger partial charge in [-0.1, -0.05) is 6.92 Å². The third-order valence-electron chi connectivity index (χ3n) is 1.96. The molecule has 0 saturated carbocycles. The van der Waals surface area contributed by atoms with Gasteiger partial charge in [0.25, 0.3) is 0 Å². The van der Waals surface area contributed by atoms with Crippen LogP contribution in [0.1, 0.15) is 25.0 Å². The SMILES string of the molecule is CC[C@H](O)c1c(F)c(F)c(F)c(F)c1F. The molecule has 0 unspecified atom stereocenters. The molecule has 1 rings (SSSR count). The second-order valence-corrected chi connectivity index (χ2v) is 2.91. The molecule has 1 aromatic carbocycles. The maximum absolute atomic E-state index is 13.0. The highest BCUT2D eigenvalue weighted by Gasteiger charge is 2.28. The number of aliphatic hydroxyl groups is 1. The van der Waals surface area contributed by atoms with E-state index in [1.165, 1.54) is 6.92 Å². The van der Waals surface area contributed by atoms with E-state index in [9.17, 15) is 22.0 Å². The molecule has 0 aliphatic heterocycles. The van der Waals surface area contributed by atoms with Crippen LogP contribution in [-0.4, -0.2) is 5.11 Å². The minimum Gasteiger partial charge on any atom is -0.388 e. The predicted molar refractivity (Wildman–Crippen MR) is 41.5 cm³/mol. The van der Waals surface area contributed by atoms with E-state index in [4.69, 9.17) is 5.11 Å². The minimum absolute atomic E-state index is 0.154. The van der Waals surface area contributed by atoms with Gasteiger partial charge >= 0.3 is 0 Å². The predicted octanol–water partition coefficient (Wildman–Crippen LogP) is 2.83. The molecule has 0 bridgehead atoms. The Morgan fingerprint density at radius 2 is 1.20 bits per heavy atom. The molecule has 0 aromatic heterocycles. The lowest BCUT2D eigenvalue weighted by Gasteiger charge is -2.12. The summed E-state index contributed by atoms with van der Waals surface area (Å²) < 4.78 is 63.7. The summed E-state index contributed by atoms with van der Waals surface area (Å²) in [5.41, 5.74) is -1.19. The van der Waals surface area contributed by atoms with Gasteiger partial charge in [-0.15, -0.1) is 0 Å². The van der Waals surface area contributed by atoms with Gasteiger partial charge in [-0.3, -0.25) is 0 Å². The van der Waals surface area contributed by atoms with E-state index in [1.807, 2.05) is 0 Å². The molecule has 1 aromatic rings. The van der Waals surface area contributed by atoms with Crippen LogP contribution in [0.2, 0.25) is 0 Å². The Morgan fingerprint density at radius 1 is 0.867 bits per heavy atom. The zero-order valence-corrected chi connectivity index (χ0v) is 7.62. The average molecular weight is 226 g/mol. The summed E-state index contributed by atoms with van der Waals surface area (Å²) in [6.45, 7) is 1.35. The van der Waals surface area contributed by atoms with Gasteiger partial charge in [0.05, 0.1) is 11.7 Å². The number of aliphatic hydroxyl groups excluding tert-OH is 1. The molecule has 1 nitrogen and oxygen atoms in total. The van der Waals surface area contributed by atoms with Crippen LogP contribution >= 0.6 is 0 Å². The molecule has 1 N–H and O–H groups in total. The fraction of sp³-hybridized carbons (Fsp3) is 0.333. The minimum atomic E-state index is -2.22. The van der Waals surface area contributed by atoms with Crippen LogP contribution in [-0.2, 0) is 0 Å². The molecule has 0 amide bonds. The number of hydrogen-bond acceptors (Lipinski definition) is 1. The van der Waals surface area contributed by atoms with Gasteiger partial charge in [0.2, 0.25) is 5.82 Å². The smallest absolute Gasteiger partial charge is 0.200 e. The van der Waals surface area contributed by atoms with Gasteiger partial charge in [0, 0.05) is 0 Å². The van der Waals surface area contributed by atoms with Gasteiger partial charge in [-0.05, 0) is 6.42 Å². The van der Waals surface area contributed by atoms with Crippen LogP contribution in [0.25, 0.3) is 0 Å². The first-order valence-electron chi connectivity index (χ1n) is 4.11. The van der Waals surface area contributed by atoms with Crippen molar-refractivity contribution in [2.45, 2.75) is 19.4 Å². The van der Waals surface area contributed by atoms with E-state index in [-0.39, 0.29) is 6.42 Å². The standard InChI is InChI=1S/C9H7F5O/c1-2-3(15)4-5(10)7(12)9(14)8(13)6(4)11/h3,15H,2H2,1H3/t3-/m0/s1. The van der Waals surface area contributed by atoms with E-state index in [2.05, 4.69) is 0 Å². The molecule has 15 heavy (non-hydrogen) atoms. The molecule has 6 heteroatoms. The monoisotopic (exact) mass is 226 g/mol. The van der Waals surface area contributed by atoms with Crippen molar-refractivity contribution in [2.75, 3.05) is 0 Å². The number of hydrogen-bond donors (Lipinski definition) is 1. The topological polar surface area (TPSA) is 20.2 Å². The number of benzene rings is 1. The highest BCUT2D eigenvalue weighted by atomic mass is 19.2. The largest absolute Gasteiger partial charge is 0.388 e. The van der Waals surface area contributed by atoms with Crippen LogP contribution in [0.5, 0.6) is 0 Å². The second-order valence-electron chi connectivity index (χ2n) is 2.91. The van der Waals surface area contributed by atoms with Crippen molar-refractivity contribution in [3.63, 3.8) is 0 Å². The summed E-state index contributed by atoms with van der Waals surface area (Å²) in [6, 6.07) is 0. The molecule has 0 aliphatic carbocycles. The molecule has 84 valence electrons. The summed E-state index contributed by atoms with van der Waals surface area (Å²) in [7, 11) is 0. The van der Waals surface area contributed by atoms with Crippen molar-refractivity contribution in [1.29, 1.82) is 0 Å². The van der Waals surface area contributed by atoms with Crippen molar-refractivity contribution in [1.82, 2.24) is 0 Å². The molecule has 0 aliphatic rings. The van der Waals surface area contributed by atoms with Crippen molar-refractivity contribution in [2.24, 2.45) is 0 Å². The van der Waals surface area contributed by atoms with Gasteiger partial charge < -0.3 is 5.11 Å². The molecular weight excluding hydrogens is 219 g/mol.